The minimum absolute atomic E-state index is 0.0446. The average Bonchev–Trinajstić information content (AvgIpc) is 3.02. The second-order valence-electron chi connectivity index (χ2n) is 7.32. The molecule has 0 aliphatic carbocycles. The van der Waals surface area contributed by atoms with Crippen molar-refractivity contribution in [3.05, 3.63) is 58.7 Å². The van der Waals surface area contributed by atoms with E-state index in [0.29, 0.717) is 10.7 Å². The third kappa shape index (κ3) is 3.82. The van der Waals surface area contributed by atoms with Crippen molar-refractivity contribution in [1.82, 2.24) is 15.2 Å². The van der Waals surface area contributed by atoms with Crippen molar-refractivity contribution in [2.24, 2.45) is 0 Å². The first kappa shape index (κ1) is 17.9. The highest BCUT2D eigenvalue weighted by atomic mass is 32.1. The van der Waals surface area contributed by atoms with Crippen LogP contribution >= 0.6 is 11.3 Å². The fraction of sp³-hybridized carbons (Fsp3) is 0.333. The van der Waals surface area contributed by atoms with Crippen LogP contribution in [0.25, 0.3) is 10.2 Å². The number of hydrogen-bond acceptors (Lipinski definition) is 5. The first-order valence-corrected chi connectivity index (χ1v) is 10.1. The number of rotatable bonds is 4. The number of hydrogen-bond donors (Lipinski definition) is 2. The molecule has 0 saturated heterocycles. The molecule has 1 aliphatic heterocycles. The summed E-state index contributed by atoms with van der Waals surface area (Å²) in [5, 5.41) is 3.67. The molecule has 27 heavy (non-hydrogen) atoms. The van der Waals surface area contributed by atoms with Crippen LogP contribution in [0.4, 0.5) is 5.13 Å². The zero-order valence-corrected chi connectivity index (χ0v) is 16.5. The van der Waals surface area contributed by atoms with Crippen molar-refractivity contribution >= 4 is 32.6 Å². The number of anilines is 1. The van der Waals surface area contributed by atoms with Crippen LogP contribution < -0.4 is 11.1 Å². The molecule has 0 unspecified atom stereocenters. The minimum atomic E-state index is -0.0446. The van der Waals surface area contributed by atoms with Crippen LogP contribution in [0, 0.1) is 6.92 Å². The van der Waals surface area contributed by atoms with Crippen LogP contribution in [0.2, 0.25) is 0 Å². The molecule has 3 aromatic rings. The zero-order chi connectivity index (χ0) is 19.0. The number of fused-ring (bicyclic) bond motifs is 2. The molecule has 2 heterocycles. The molecule has 1 aliphatic rings. The molecule has 4 rings (SSSR count). The smallest absolute Gasteiger partial charge is 0.251 e. The molecule has 140 valence electrons. The van der Waals surface area contributed by atoms with Crippen LogP contribution in [0.5, 0.6) is 0 Å². The third-order valence-electron chi connectivity index (χ3n) is 5.08. The van der Waals surface area contributed by atoms with Gasteiger partial charge in [0, 0.05) is 31.2 Å². The highest BCUT2D eigenvalue weighted by molar-refractivity contribution is 7.22. The predicted octanol–water partition coefficient (Wildman–Crippen LogP) is 3.36. The molecule has 2 aromatic carbocycles. The molecule has 3 N–H and O–H groups in total. The molecule has 0 saturated carbocycles. The number of nitrogens with zero attached hydrogens (tertiary/aromatic N) is 2. The van der Waals surface area contributed by atoms with Crippen molar-refractivity contribution in [3.63, 3.8) is 0 Å². The molecule has 1 atom stereocenters. The summed E-state index contributed by atoms with van der Waals surface area (Å²) in [6.45, 7) is 6.85. The number of aryl methyl sites for hydroxylation is 1. The number of carbonyl (C=O) groups is 1. The fourth-order valence-electron chi connectivity index (χ4n) is 3.80. The van der Waals surface area contributed by atoms with Gasteiger partial charge in [0.25, 0.3) is 5.91 Å². The average molecular weight is 381 g/mol. The predicted molar refractivity (Wildman–Crippen MR) is 111 cm³/mol. The van der Waals surface area contributed by atoms with Crippen molar-refractivity contribution in [2.75, 3.05) is 18.8 Å². The normalized spacial score (nSPS) is 15.5. The van der Waals surface area contributed by atoms with Crippen LogP contribution in [-0.4, -0.2) is 34.9 Å². The Morgan fingerprint density at radius 2 is 2.11 bits per heavy atom. The van der Waals surface area contributed by atoms with Gasteiger partial charge in [0.15, 0.2) is 5.13 Å². The Morgan fingerprint density at radius 1 is 1.33 bits per heavy atom. The SMILES string of the molecule is Cc1cc(C(=O)N[C@@H](C)CN2CCc3ccccc3C2)cc2sc(N)nc12. The molecule has 5 nitrogen and oxygen atoms in total. The zero-order valence-electron chi connectivity index (χ0n) is 15.7. The Labute approximate surface area is 163 Å². The Balaban J connectivity index is 1.41. The van der Waals surface area contributed by atoms with Gasteiger partial charge in [0.1, 0.15) is 0 Å². The molecule has 1 amide bonds. The van der Waals surface area contributed by atoms with Gasteiger partial charge >= 0.3 is 0 Å². The lowest BCUT2D eigenvalue weighted by Gasteiger charge is -2.31. The standard InChI is InChI=1S/C21H24N4OS/c1-13-9-17(10-18-19(13)24-21(22)27-18)20(26)23-14(2)11-25-8-7-15-5-3-4-6-16(15)12-25/h3-6,9-10,14H,7-8,11-12H2,1-2H3,(H2,22,24)(H,23,26)/t14-/m0/s1. The second kappa shape index (κ2) is 7.29. The third-order valence-corrected chi connectivity index (χ3v) is 5.92. The lowest BCUT2D eigenvalue weighted by molar-refractivity contribution is 0.0927. The Morgan fingerprint density at radius 3 is 2.93 bits per heavy atom. The maximum Gasteiger partial charge on any atom is 0.251 e. The summed E-state index contributed by atoms with van der Waals surface area (Å²) < 4.78 is 0.956. The van der Waals surface area contributed by atoms with E-state index in [0.717, 1.165) is 41.8 Å². The second-order valence-corrected chi connectivity index (χ2v) is 8.38. The van der Waals surface area contributed by atoms with Crippen LogP contribution in [0.1, 0.15) is 34.0 Å². The van der Waals surface area contributed by atoms with Crippen molar-refractivity contribution in [3.8, 4) is 0 Å². The van der Waals surface area contributed by atoms with Crippen molar-refractivity contribution < 1.29 is 4.79 Å². The summed E-state index contributed by atoms with van der Waals surface area (Å²) in [5.74, 6) is -0.0446. The molecule has 0 bridgehead atoms. The molecule has 0 spiro atoms. The van der Waals surface area contributed by atoms with Crippen molar-refractivity contribution in [1.29, 1.82) is 0 Å². The van der Waals surface area contributed by atoms with Gasteiger partial charge in [-0.2, -0.15) is 0 Å². The summed E-state index contributed by atoms with van der Waals surface area (Å²) >= 11 is 1.42. The van der Waals surface area contributed by atoms with Gasteiger partial charge in [-0.15, -0.1) is 0 Å². The molecule has 6 heteroatoms. The van der Waals surface area contributed by atoms with Gasteiger partial charge in [0.05, 0.1) is 10.2 Å². The van der Waals surface area contributed by atoms with E-state index in [4.69, 9.17) is 5.73 Å². The topological polar surface area (TPSA) is 71.2 Å². The van der Waals surface area contributed by atoms with Gasteiger partial charge in [0.2, 0.25) is 0 Å². The Kier molecular flexibility index (Phi) is 4.85. The van der Waals surface area contributed by atoms with E-state index in [1.807, 2.05) is 19.1 Å². The summed E-state index contributed by atoms with van der Waals surface area (Å²) in [7, 11) is 0. The highest BCUT2D eigenvalue weighted by Crippen LogP contribution is 2.27. The monoisotopic (exact) mass is 380 g/mol. The van der Waals surface area contributed by atoms with Crippen molar-refractivity contribution in [2.45, 2.75) is 32.9 Å². The van der Waals surface area contributed by atoms with Gasteiger partial charge in [-0.3, -0.25) is 9.69 Å². The van der Waals surface area contributed by atoms with Crippen LogP contribution in [0.3, 0.4) is 0 Å². The van der Waals surface area contributed by atoms with Crippen LogP contribution in [-0.2, 0) is 13.0 Å². The van der Waals surface area contributed by atoms with E-state index in [2.05, 4.69) is 46.4 Å². The molecule has 0 radical (unpaired) electrons. The lowest BCUT2D eigenvalue weighted by Crippen LogP contribution is -2.43. The number of thiazole rings is 1. The van der Waals surface area contributed by atoms with E-state index < -0.39 is 0 Å². The summed E-state index contributed by atoms with van der Waals surface area (Å²) in [5.41, 5.74) is 11.2. The van der Waals surface area contributed by atoms with Gasteiger partial charge in [-0.1, -0.05) is 35.6 Å². The largest absolute Gasteiger partial charge is 0.375 e. The number of nitrogen functional groups attached to an aromatic ring is 1. The first-order chi connectivity index (χ1) is 13.0. The maximum atomic E-state index is 12.7. The fourth-order valence-corrected chi connectivity index (χ4v) is 4.65. The lowest BCUT2D eigenvalue weighted by atomic mass is 9.99. The summed E-state index contributed by atoms with van der Waals surface area (Å²) in [6, 6.07) is 12.5. The number of nitrogens with two attached hydrogens (primary N) is 1. The highest BCUT2D eigenvalue weighted by Gasteiger charge is 2.19. The summed E-state index contributed by atoms with van der Waals surface area (Å²) in [4.78, 5) is 19.5. The number of amides is 1. The molecular formula is C21H24N4OS. The van der Waals surface area contributed by atoms with E-state index in [9.17, 15) is 4.79 Å². The van der Waals surface area contributed by atoms with E-state index >= 15 is 0 Å². The Hall–Kier alpha value is -2.44. The minimum Gasteiger partial charge on any atom is -0.375 e. The van der Waals surface area contributed by atoms with Gasteiger partial charge in [-0.05, 0) is 49.1 Å². The van der Waals surface area contributed by atoms with E-state index in [-0.39, 0.29) is 11.9 Å². The number of aromatic nitrogens is 1. The molecule has 1 aromatic heterocycles. The maximum absolute atomic E-state index is 12.7. The van der Waals surface area contributed by atoms with E-state index in [1.54, 1.807) is 0 Å². The van der Waals surface area contributed by atoms with Gasteiger partial charge < -0.3 is 11.1 Å². The summed E-state index contributed by atoms with van der Waals surface area (Å²) in [6.07, 6.45) is 1.07. The number of carbonyl (C=O) groups excluding carboxylic acids is 1. The quantitative estimate of drug-likeness (QED) is 0.728. The Bertz CT molecular complexity index is 997. The van der Waals surface area contributed by atoms with Crippen LogP contribution in [0.15, 0.2) is 36.4 Å². The van der Waals surface area contributed by atoms with Gasteiger partial charge in [-0.25, -0.2) is 4.98 Å². The molecular weight excluding hydrogens is 356 g/mol. The molecule has 0 fully saturated rings. The van der Waals surface area contributed by atoms with E-state index in [1.165, 1.54) is 22.5 Å². The number of benzene rings is 2. The number of nitrogens with one attached hydrogen (secondary N) is 1. The first-order valence-electron chi connectivity index (χ1n) is 9.26.